The third kappa shape index (κ3) is 7.08. The van der Waals surface area contributed by atoms with Gasteiger partial charge >= 0.3 is 0 Å². The summed E-state index contributed by atoms with van der Waals surface area (Å²) >= 11 is 0. The number of rotatable bonds is 11. The number of carbonyl (C=O) groups excluding carboxylic acids is 2. The van der Waals surface area contributed by atoms with Gasteiger partial charge in [0, 0.05) is 24.1 Å². The summed E-state index contributed by atoms with van der Waals surface area (Å²) < 4.78 is 13.4. The van der Waals surface area contributed by atoms with Gasteiger partial charge < -0.3 is 19.7 Å². The Balaban J connectivity index is 1.13. The lowest BCUT2D eigenvalue weighted by molar-refractivity contribution is -0.276. The van der Waals surface area contributed by atoms with Crippen molar-refractivity contribution in [3.05, 3.63) is 166 Å². The van der Waals surface area contributed by atoms with Gasteiger partial charge in [-0.1, -0.05) is 122 Å². The van der Waals surface area contributed by atoms with Crippen molar-refractivity contribution >= 4 is 11.8 Å². The first-order valence-electron chi connectivity index (χ1n) is 17.8. The highest BCUT2D eigenvalue weighted by Gasteiger charge is 2.40. The number of hydrogen-bond acceptors (Lipinski definition) is 7. The molecule has 2 amide bonds. The van der Waals surface area contributed by atoms with E-state index in [4.69, 9.17) is 9.47 Å². The van der Waals surface area contributed by atoms with Gasteiger partial charge in [-0.25, -0.2) is 0 Å². The highest BCUT2D eigenvalue weighted by molar-refractivity contribution is 6.21. The first-order valence-corrected chi connectivity index (χ1v) is 17.8. The summed E-state index contributed by atoms with van der Waals surface area (Å²) in [6.07, 6.45) is -1.82. The van der Waals surface area contributed by atoms with Gasteiger partial charge in [-0.3, -0.25) is 19.4 Å². The molecular weight excluding hydrogens is 652 g/mol. The number of aliphatic hydroxyl groups excluding tert-OH is 2. The Kier molecular flexibility index (Phi) is 10.5. The fourth-order valence-corrected chi connectivity index (χ4v) is 7.26. The zero-order chi connectivity index (χ0) is 36.4. The summed E-state index contributed by atoms with van der Waals surface area (Å²) in [5.41, 5.74) is 7.16. The van der Waals surface area contributed by atoms with Crippen LogP contribution in [-0.4, -0.2) is 57.6 Å². The zero-order valence-corrected chi connectivity index (χ0v) is 29.6. The topological polar surface area (TPSA) is 99.5 Å². The summed E-state index contributed by atoms with van der Waals surface area (Å²) in [6.45, 7) is 4.86. The maximum Gasteiger partial charge on any atom is 0.261 e. The molecule has 8 heteroatoms. The molecule has 5 aromatic carbocycles. The van der Waals surface area contributed by atoms with Crippen LogP contribution in [0.3, 0.4) is 0 Å². The molecule has 5 aromatic rings. The number of carbonyl (C=O) groups is 2. The second-order valence-corrected chi connectivity index (χ2v) is 13.9. The van der Waals surface area contributed by atoms with Gasteiger partial charge in [0.25, 0.3) is 11.8 Å². The first-order chi connectivity index (χ1) is 25.2. The molecule has 266 valence electrons. The summed E-state index contributed by atoms with van der Waals surface area (Å²) in [6, 6.07) is 40.2. The number of nitrogens with zero attached hydrogens (tertiary/aromatic N) is 2. The largest absolute Gasteiger partial charge is 0.392 e. The normalized spacial score (nSPS) is 21.3. The van der Waals surface area contributed by atoms with E-state index in [-0.39, 0.29) is 49.1 Å². The van der Waals surface area contributed by atoms with E-state index in [0.717, 1.165) is 38.9 Å². The Labute approximate surface area is 304 Å². The SMILES string of the molecule is C[C@H]1[C@@H](CN(C)[C@H](C)[C@@H](O)c2ccccc2)O[C@@H](c2ccc(-c3ccccc3CN3C(=O)c4ccccc4C3=O)cc2)O[C@H]1c1ccc(CO)cc1. The van der Waals surface area contributed by atoms with E-state index in [1.165, 1.54) is 4.90 Å². The lowest BCUT2D eigenvalue weighted by Crippen LogP contribution is -2.46. The molecule has 1 fully saturated rings. The van der Waals surface area contributed by atoms with Crippen molar-refractivity contribution in [1.82, 2.24) is 9.80 Å². The van der Waals surface area contributed by atoms with Crippen LogP contribution in [0.2, 0.25) is 0 Å². The molecule has 0 unspecified atom stereocenters. The quantitative estimate of drug-likeness (QED) is 0.138. The second kappa shape index (κ2) is 15.3. The lowest BCUT2D eigenvalue weighted by atomic mass is 9.89. The third-order valence-corrected chi connectivity index (χ3v) is 10.6. The van der Waals surface area contributed by atoms with Crippen molar-refractivity contribution in [3.8, 4) is 11.1 Å². The molecular formula is C44H44N2O6. The van der Waals surface area contributed by atoms with Gasteiger partial charge in [0.15, 0.2) is 6.29 Å². The molecule has 6 atom stereocenters. The van der Waals surface area contributed by atoms with Crippen LogP contribution in [0.1, 0.15) is 80.9 Å². The number of ether oxygens (including phenoxy) is 2. The number of likely N-dealkylation sites (N-methyl/N-ethyl adjacent to an activating group) is 1. The van der Waals surface area contributed by atoms with E-state index >= 15 is 0 Å². The van der Waals surface area contributed by atoms with Crippen LogP contribution in [0.5, 0.6) is 0 Å². The number of imide groups is 1. The summed E-state index contributed by atoms with van der Waals surface area (Å²) in [4.78, 5) is 29.7. The number of benzene rings is 5. The molecule has 0 saturated carbocycles. The third-order valence-electron chi connectivity index (χ3n) is 10.6. The van der Waals surface area contributed by atoms with Gasteiger partial charge in [0.2, 0.25) is 0 Å². The average Bonchev–Trinajstić information content (AvgIpc) is 3.43. The summed E-state index contributed by atoms with van der Waals surface area (Å²) in [7, 11) is 2.01. The molecule has 1 saturated heterocycles. The van der Waals surface area contributed by atoms with Crippen molar-refractivity contribution in [1.29, 1.82) is 0 Å². The Bertz CT molecular complexity index is 1980. The standard InChI is InChI=1S/C44H44N2O6/c1-28-39(26-45(3)29(2)40(48)32-11-5-4-6-12-32)51-44(52-41(28)33-19-17-30(27-47)18-20-33)34-23-21-31(22-24-34)36-14-8-7-13-35(36)25-46-42(49)37-15-9-10-16-38(37)43(46)50/h4-24,28-29,39-41,44,47-48H,25-27H2,1-3H3/t28-,29+,39+,40+,41+,44+/m0/s1. The molecule has 8 nitrogen and oxygen atoms in total. The smallest absolute Gasteiger partial charge is 0.261 e. The summed E-state index contributed by atoms with van der Waals surface area (Å²) in [5.74, 6) is -0.583. The fraction of sp³-hybridized carbons (Fsp3) is 0.273. The second-order valence-electron chi connectivity index (χ2n) is 13.9. The van der Waals surface area contributed by atoms with Crippen LogP contribution in [0.25, 0.3) is 11.1 Å². The highest BCUT2D eigenvalue weighted by Crippen LogP contribution is 2.42. The highest BCUT2D eigenvalue weighted by atomic mass is 16.7. The lowest BCUT2D eigenvalue weighted by Gasteiger charge is -2.43. The predicted octanol–water partition coefficient (Wildman–Crippen LogP) is 7.49. The minimum Gasteiger partial charge on any atom is -0.392 e. The Morgan fingerprint density at radius 1 is 0.731 bits per heavy atom. The number of amides is 2. The number of hydrogen-bond donors (Lipinski definition) is 2. The van der Waals surface area contributed by atoms with Crippen molar-refractivity contribution in [2.24, 2.45) is 5.92 Å². The summed E-state index contributed by atoms with van der Waals surface area (Å²) in [5, 5.41) is 20.8. The maximum absolute atomic E-state index is 13.1. The van der Waals surface area contributed by atoms with Crippen LogP contribution in [0, 0.1) is 5.92 Å². The van der Waals surface area contributed by atoms with Gasteiger partial charge in [-0.2, -0.15) is 0 Å². The number of aliphatic hydroxyl groups is 2. The van der Waals surface area contributed by atoms with Crippen molar-refractivity contribution in [2.75, 3.05) is 13.6 Å². The van der Waals surface area contributed by atoms with E-state index < -0.39 is 12.4 Å². The van der Waals surface area contributed by atoms with Crippen molar-refractivity contribution in [3.63, 3.8) is 0 Å². The molecule has 2 heterocycles. The molecule has 0 aromatic heterocycles. The molecule has 2 N–H and O–H groups in total. The van der Waals surface area contributed by atoms with Crippen LogP contribution in [-0.2, 0) is 22.6 Å². The molecule has 0 spiro atoms. The molecule has 7 rings (SSSR count). The molecule has 0 aliphatic carbocycles. The maximum atomic E-state index is 13.1. The zero-order valence-electron chi connectivity index (χ0n) is 29.6. The minimum absolute atomic E-state index is 0.0203. The molecule has 0 radical (unpaired) electrons. The average molecular weight is 697 g/mol. The Hall–Kier alpha value is -4.96. The van der Waals surface area contributed by atoms with E-state index in [0.29, 0.717) is 17.7 Å². The van der Waals surface area contributed by atoms with E-state index in [9.17, 15) is 19.8 Å². The van der Waals surface area contributed by atoms with Crippen molar-refractivity contribution < 1.29 is 29.3 Å². The van der Waals surface area contributed by atoms with Crippen LogP contribution in [0.4, 0.5) is 0 Å². The Morgan fingerprint density at radius 2 is 1.31 bits per heavy atom. The van der Waals surface area contributed by atoms with E-state index in [2.05, 4.69) is 11.8 Å². The van der Waals surface area contributed by atoms with Crippen molar-refractivity contribution in [2.45, 2.75) is 57.6 Å². The van der Waals surface area contributed by atoms with Gasteiger partial charge in [0.05, 0.1) is 42.6 Å². The molecule has 2 aliphatic heterocycles. The fourth-order valence-electron chi connectivity index (χ4n) is 7.26. The van der Waals surface area contributed by atoms with Gasteiger partial charge in [-0.15, -0.1) is 0 Å². The van der Waals surface area contributed by atoms with Crippen LogP contribution in [0.15, 0.2) is 127 Å². The monoisotopic (exact) mass is 696 g/mol. The van der Waals surface area contributed by atoms with Crippen LogP contribution < -0.4 is 0 Å². The molecule has 2 aliphatic rings. The Morgan fingerprint density at radius 3 is 1.94 bits per heavy atom. The molecule has 52 heavy (non-hydrogen) atoms. The van der Waals surface area contributed by atoms with E-state index in [1.54, 1.807) is 24.3 Å². The molecule has 0 bridgehead atoms. The van der Waals surface area contributed by atoms with Gasteiger partial charge in [-0.05, 0) is 59.5 Å². The predicted molar refractivity (Wildman–Crippen MR) is 199 cm³/mol. The first kappa shape index (κ1) is 35.4. The van der Waals surface area contributed by atoms with Gasteiger partial charge in [0.1, 0.15) is 0 Å². The van der Waals surface area contributed by atoms with Crippen LogP contribution >= 0.6 is 0 Å². The number of fused-ring (bicyclic) bond motifs is 1. The van der Waals surface area contributed by atoms with E-state index in [1.807, 2.05) is 117 Å². The minimum atomic E-state index is -0.661.